The van der Waals surface area contributed by atoms with E-state index < -0.39 is 22.0 Å². The van der Waals surface area contributed by atoms with Gasteiger partial charge in [0, 0.05) is 0 Å². The summed E-state index contributed by atoms with van der Waals surface area (Å²) in [7, 11) is -2.57. The number of carbonyl (C=O) groups excluding carboxylic acids is 1. The molecule has 90 valence electrons. The number of hydrogen-bond donors (Lipinski definition) is 2. The Morgan fingerprint density at radius 1 is 1.62 bits per heavy atom. The highest BCUT2D eigenvalue weighted by Gasteiger charge is 2.23. The van der Waals surface area contributed by atoms with Crippen LogP contribution in [0.1, 0.15) is 12.7 Å². The molecule has 0 aliphatic rings. The number of nitrogens with zero attached hydrogens (tertiary/aromatic N) is 1. The number of esters is 1. The Kier molecular flexibility index (Phi) is 3.66. The number of nitrogens with one attached hydrogen (secondary N) is 2. The minimum Gasteiger partial charge on any atom is -0.468 e. The van der Waals surface area contributed by atoms with Crippen molar-refractivity contribution in [2.24, 2.45) is 0 Å². The van der Waals surface area contributed by atoms with Crippen LogP contribution in [0, 0.1) is 6.92 Å². The summed E-state index contributed by atoms with van der Waals surface area (Å²) in [6.45, 7) is 3.02. The molecular weight excluding hydrogens is 234 g/mol. The van der Waals surface area contributed by atoms with Crippen LogP contribution < -0.4 is 4.72 Å². The van der Waals surface area contributed by atoms with Gasteiger partial charge in [0.2, 0.25) is 0 Å². The molecule has 8 heteroatoms. The number of sulfonamides is 1. The molecule has 0 bridgehead atoms. The number of rotatable bonds is 4. The van der Waals surface area contributed by atoms with Crippen LogP contribution in [0.5, 0.6) is 0 Å². The normalized spacial score (nSPS) is 13.4. The molecule has 7 nitrogen and oxygen atoms in total. The number of imidazole rings is 1. The lowest BCUT2D eigenvalue weighted by Crippen LogP contribution is -2.39. The molecule has 0 amide bonds. The van der Waals surface area contributed by atoms with Crippen molar-refractivity contribution >= 4 is 16.0 Å². The van der Waals surface area contributed by atoms with Gasteiger partial charge in [0.1, 0.15) is 11.9 Å². The van der Waals surface area contributed by atoms with Crippen molar-refractivity contribution in [1.29, 1.82) is 0 Å². The molecule has 1 aromatic heterocycles. The molecule has 1 aromatic rings. The van der Waals surface area contributed by atoms with Gasteiger partial charge in [0.15, 0.2) is 5.03 Å². The standard InChI is InChI=1S/C8H13N3O4S/c1-5(8(12)15-3)11-16(13,14)7-4-9-6(2)10-7/h4-5,11H,1-3H3,(H,9,10)/t5-/m0/s1. The Bertz CT molecular complexity index is 479. The fraction of sp³-hybridized carbons (Fsp3) is 0.500. The Hall–Kier alpha value is -1.41. The lowest BCUT2D eigenvalue weighted by atomic mass is 10.4. The minimum absolute atomic E-state index is 0.0826. The predicted molar refractivity (Wildman–Crippen MR) is 55.1 cm³/mol. The van der Waals surface area contributed by atoms with Gasteiger partial charge in [0.05, 0.1) is 13.3 Å². The lowest BCUT2D eigenvalue weighted by Gasteiger charge is -2.10. The van der Waals surface area contributed by atoms with Gasteiger partial charge in [-0.15, -0.1) is 0 Å². The van der Waals surface area contributed by atoms with Crippen LogP contribution in [0.3, 0.4) is 0 Å². The van der Waals surface area contributed by atoms with Crippen LogP contribution >= 0.6 is 0 Å². The number of aryl methyl sites for hydroxylation is 1. The zero-order valence-electron chi connectivity index (χ0n) is 9.14. The maximum atomic E-state index is 11.7. The van der Waals surface area contributed by atoms with Crippen LogP contribution in [-0.4, -0.2) is 37.5 Å². The summed E-state index contributed by atoms with van der Waals surface area (Å²) in [5, 5.41) is -0.0826. The van der Waals surface area contributed by atoms with E-state index in [0.717, 1.165) is 0 Å². The van der Waals surface area contributed by atoms with Gasteiger partial charge in [-0.3, -0.25) is 4.79 Å². The van der Waals surface area contributed by atoms with E-state index in [9.17, 15) is 13.2 Å². The van der Waals surface area contributed by atoms with Gasteiger partial charge in [-0.1, -0.05) is 0 Å². The van der Waals surface area contributed by atoms with Gasteiger partial charge in [-0.05, 0) is 13.8 Å². The first-order chi connectivity index (χ1) is 7.36. The molecule has 0 saturated carbocycles. The van der Waals surface area contributed by atoms with Crippen molar-refractivity contribution in [3.63, 3.8) is 0 Å². The summed E-state index contributed by atoms with van der Waals surface area (Å²) in [4.78, 5) is 17.4. The molecule has 1 heterocycles. The molecule has 0 aromatic carbocycles. The third kappa shape index (κ3) is 2.80. The molecule has 0 radical (unpaired) electrons. The Morgan fingerprint density at radius 3 is 2.69 bits per heavy atom. The zero-order valence-corrected chi connectivity index (χ0v) is 9.96. The van der Waals surface area contributed by atoms with Gasteiger partial charge in [0.25, 0.3) is 10.0 Å². The maximum absolute atomic E-state index is 11.7. The van der Waals surface area contributed by atoms with Crippen molar-refractivity contribution in [1.82, 2.24) is 14.7 Å². The van der Waals surface area contributed by atoms with Crippen molar-refractivity contribution in [3.05, 3.63) is 12.0 Å². The van der Waals surface area contributed by atoms with Crippen molar-refractivity contribution < 1.29 is 17.9 Å². The molecule has 1 atom stereocenters. The van der Waals surface area contributed by atoms with E-state index in [1.54, 1.807) is 6.92 Å². The molecule has 0 spiro atoms. The zero-order chi connectivity index (χ0) is 12.3. The monoisotopic (exact) mass is 247 g/mol. The first-order valence-corrected chi connectivity index (χ1v) is 5.97. The number of carbonyl (C=O) groups is 1. The lowest BCUT2D eigenvalue weighted by molar-refractivity contribution is -0.142. The molecule has 0 aliphatic heterocycles. The fourth-order valence-corrected chi connectivity index (χ4v) is 2.22. The fourth-order valence-electron chi connectivity index (χ4n) is 1.06. The number of aromatic nitrogens is 2. The predicted octanol–water partition coefficient (Wildman–Crippen LogP) is -0.442. The summed E-state index contributed by atoms with van der Waals surface area (Å²) in [6, 6.07) is -0.946. The molecular formula is C8H13N3O4S. The molecule has 2 N–H and O–H groups in total. The van der Waals surface area contributed by atoms with E-state index in [4.69, 9.17) is 0 Å². The van der Waals surface area contributed by atoms with Crippen LogP contribution in [0.2, 0.25) is 0 Å². The quantitative estimate of drug-likeness (QED) is 0.702. The highest BCUT2D eigenvalue weighted by atomic mass is 32.2. The molecule has 0 fully saturated rings. The van der Waals surface area contributed by atoms with Gasteiger partial charge >= 0.3 is 5.97 Å². The average molecular weight is 247 g/mol. The van der Waals surface area contributed by atoms with E-state index in [-0.39, 0.29) is 5.03 Å². The molecule has 1 rings (SSSR count). The number of H-pyrrole nitrogens is 1. The smallest absolute Gasteiger partial charge is 0.323 e. The van der Waals surface area contributed by atoms with Gasteiger partial charge in [-0.25, -0.2) is 13.4 Å². The van der Waals surface area contributed by atoms with Crippen molar-refractivity contribution in [2.45, 2.75) is 24.9 Å². The third-order valence-corrected chi connectivity index (χ3v) is 3.31. The van der Waals surface area contributed by atoms with Crippen LogP contribution in [-0.2, 0) is 19.6 Å². The van der Waals surface area contributed by atoms with Crippen LogP contribution in [0.4, 0.5) is 0 Å². The summed E-state index contributed by atoms with van der Waals surface area (Å²) in [6.07, 6.45) is 1.18. The van der Waals surface area contributed by atoms with Gasteiger partial charge in [-0.2, -0.15) is 4.72 Å². The average Bonchev–Trinajstić information content (AvgIpc) is 2.63. The summed E-state index contributed by atoms with van der Waals surface area (Å²) < 4.78 is 29.9. The van der Waals surface area contributed by atoms with E-state index >= 15 is 0 Å². The Labute approximate surface area is 93.3 Å². The van der Waals surface area contributed by atoms with Crippen molar-refractivity contribution in [2.75, 3.05) is 7.11 Å². The highest BCUT2D eigenvalue weighted by Crippen LogP contribution is 2.05. The van der Waals surface area contributed by atoms with E-state index in [2.05, 4.69) is 19.4 Å². The second kappa shape index (κ2) is 4.62. The molecule has 0 unspecified atom stereocenters. The number of hydrogen-bond acceptors (Lipinski definition) is 5. The van der Waals surface area contributed by atoms with Gasteiger partial charge < -0.3 is 9.72 Å². The molecule has 0 aliphatic carbocycles. The highest BCUT2D eigenvalue weighted by molar-refractivity contribution is 7.89. The van der Waals surface area contributed by atoms with E-state index in [0.29, 0.717) is 5.82 Å². The van der Waals surface area contributed by atoms with Crippen LogP contribution in [0.15, 0.2) is 11.2 Å². The number of methoxy groups -OCH3 is 1. The largest absolute Gasteiger partial charge is 0.468 e. The third-order valence-electron chi connectivity index (χ3n) is 1.86. The van der Waals surface area contributed by atoms with Crippen LogP contribution in [0.25, 0.3) is 0 Å². The number of aromatic amines is 1. The first kappa shape index (κ1) is 12.7. The minimum atomic E-state index is -3.76. The number of ether oxygens (including phenoxy) is 1. The SMILES string of the molecule is COC(=O)[C@H](C)NS(=O)(=O)c1cnc(C)[nH]1. The summed E-state index contributed by atoms with van der Waals surface area (Å²) in [5.74, 6) is -0.175. The topological polar surface area (TPSA) is 101 Å². The Morgan fingerprint density at radius 2 is 2.25 bits per heavy atom. The van der Waals surface area contributed by atoms with E-state index in [1.165, 1.54) is 20.2 Å². The summed E-state index contributed by atoms with van der Waals surface area (Å²) >= 11 is 0. The second-order valence-corrected chi connectivity index (χ2v) is 4.88. The van der Waals surface area contributed by atoms with Crippen molar-refractivity contribution in [3.8, 4) is 0 Å². The molecule has 16 heavy (non-hydrogen) atoms. The molecule has 0 saturated heterocycles. The second-order valence-electron chi connectivity index (χ2n) is 3.20. The first-order valence-electron chi connectivity index (χ1n) is 4.48. The van der Waals surface area contributed by atoms with E-state index in [1.807, 2.05) is 0 Å². The maximum Gasteiger partial charge on any atom is 0.323 e. The summed E-state index contributed by atoms with van der Waals surface area (Å²) in [5.41, 5.74) is 0. The Balaban J connectivity index is 2.84.